The maximum Gasteiger partial charge on any atom is 0.254 e. The third-order valence-corrected chi connectivity index (χ3v) is 3.99. The van der Waals surface area contributed by atoms with Crippen LogP contribution in [0.1, 0.15) is 17.3 Å². The fraction of sp³-hybridized carbons (Fsp3) is 0.333. The van der Waals surface area contributed by atoms with Gasteiger partial charge in [-0.1, -0.05) is 11.6 Å². The van der Waals surface area contributed by atoms with Crippen molar-refractivity contribution in [2.45, 2.75) is 6.92 Å². The molecule has 0 bridgehead atoms. The molecule has 18 heavy (non-hydrogen) atoms. The summed E-state index contributed by atoms with van der Waals surface area (Å²) in [6.45, 7) is 2.37. The molecular weight excluding hydrogens is 367 g/mol. The lowest BCUT2D eigenvalue weighted by molar-refractivity contribution is -0.121. The molecular formula is C12H14ClIN2O2. The van der Waals surface area contributed by atoms with Gasteiger partial charge in [-0.3, -0.25) is 9.59 Å². The Kier molecular flexibility index (Phi) is 5.87. The lowest BCUT2D eigenvalue weighted by Gasteiger charge is -2.20. The number of carbonyl (C=O) groups excluding carboxylic acids is 2. The van der Waals surface area contributed by atoms with Gasteiger partial charge >= 0.3 is 0 Å². The Balaban J connectivity index is 2.89. The van der Waals surface area contributed by atoms with Gasteiger partial charge < -0.3 is 10.2 Å². The van der Waals surface area contributed by atoms with Crippen LogP contribution in [0.2, 0.25) is 5.02 Å². The fourth-order valence-electron chi connectivity index (χ4n) is 1.39. The van der Waals surface area contributed by atoms with Crippen molar-refractivity contribution in [3.05, 3.63) is 32.4 Å². The van der Waals surface area contributed by atoms with Gasteiger partial charge in [-0.25, -0.2) is 0 Å². The first-order valence-electron chi connectivity index (χ1n) is 5.44. The van der Waals surface area contributed by atoms with Crippen LogP contribution < -0.4 is 5.32 Å². The Labute approximate surface area is 125 Å². The molecule has 0 aliphatic heterocycles. The van der Waals surface area contributed by atoms with Crippen molar-refractivity contribution < 1.29 is 9.59 Å². The zero-order chi connectivity index (χ0) is 13.7. The maximum atomic E-state index is 12.2. The van der Waals surface area contributed by atoms with Crippen molar-refractivity contribution in [1.29, 1.82) is 0 Å². The zero-order valence-electron chi connectivity index (χ0n) is 10.2. The van der Waals surface area contributed by atoms with E-state index in [2.05, 4.69) is 27.9 Å². The number of hydrogen-bond donors (Lipinski definition) is 1. The van der Waals surface area contributed by atoms with Crippen LogP contribution in [0.25, 0.3) is 0 Å². The normalized spacial score (nSPS) is 10.0. The number of nitrogens with zero attached hydrogens (tertiary/aromatic N) is 1. The second-order valence-electron chi connectivity index (χ2n) is 3.62. The Morgan fingerprint density at radius 1 is 1.44 bits per heavy atom. The number of carbonyl (C=O) groups is 2. The molecule has 4 nitrogen and oxygen atoms in total. The van der Waals surface area contributed by atoms with Gasteiger partial charge in [-0.05, 0) is 47.7 Å². The van der Waals surface area contributed by atoms with E-state index in [1.807, 2.05) is 6.92 Å². The van der Waals surface area contributed by atoms with Crippen molar-refractivity contribution in [1.82, 2.24) is 10.2 Å². The van der Waals surface area contributed by atoms with Crippen LogP contribution >= 0.6 is 34.2 Å². The molecule has 2 amide bonds. The van der Waals surface area contributed by atoms with Crippen molar-refractivity contribution >= 4 is 46.0 Å². The molecule has 0 spiro atoms. The van der Waals surface area contributed by atoms with Crippen LogP contribution in [-0.2, 0) is 4.79 Å². The molecule has 0 aliphatic carbocycles. The molecule has 0 aromatic heterocycles. The van der Waals surface area contributed by atoms with Gasteiger partial charge in [0.25, 0.3) is 5.91 Å². The summed E-state index contributed by atoms with van der Waals surface area (Å²) in [6, 6.07) is 5.07. The van der Waals surface area contributed by atoms with E-state index in [0.717, 1.165) is 3.57 Å². The molecule has 6 heteroatoms. The lowest BCUT2D eigenvalue weighted by atomic mass is 10.2. The maximum absolute atomic E-state index is 12.2. The first kappa shape index (κ1) is 15.2. The monoisotopic (exact) mass is 380 g/mol. The Hall–Kier alpha value is -0.820. The van der Waals surface area contributed by atoms with E-state index >= 15 is 0 Å². The number of likely N-dealkylation sites (N-methyl/N-ethyl adjacent to an activating group) is 2. The highest BCUT2D eigenvalue weighted by atomic mass is 127. The van der Waals surface area contributed by atoms with E-state index in [-0.39, 0.29) is 18.4 Å². The highest BCUT2D eigenvalue weighted by Gasteiger charge is 2.17. The predicted molar refractivity (Wildman–Crippen MR) is 79.8 cm³/mol. The molecule has 1 aromatic carbocycles. The third-order valence-electron chi connectivity index (χ3n) is 2.45. The van der Waals surface area contributed by atoms with Crippen molar-refractivity contribution in [2.24, 2.45) is 0 Å². The Morgan fingerprint density at radius 2 is 2.11 bits per heavy atom. The van der Waals surface area contributed by atoms with Crippen molar-refractivity contribution in [3.63, 3.8) is 0 Å². The average molecular weight is 381 g/mol. The summed E-state index contributed by atoms with van der Waals surface area (Å²) in [5, 5.41) is 3.11. The smallest absolute Gasteiger partial charge is 0.254 e. The van der Waals surface area contributed by atoms with E-state index in [0.29, 0.717) is 17.1 Å². The van der Waals surface area contributed by atoms with Gasteiger partial charge in [0, 0.05) is 22.7 Å². The summed E-state index contributed by atoms with van der Waals surface area (Å²) in [6.07, 6.45) is 0. The largest absolute Gasteiger partial charge is 0.358 e. The second-order valence-corrected chi connectivity index (χ2v) is 5.19. The fourth-order valence-corrected chi connectivity index (χ4v) is 2.02. The van der Waals surface area contributed by atoms with Crippen LogP contribution in [0, 0.1) is 3.57 Å². The number of nitrogens with one attached hydrogen (secondary N) is 1. The quantitative estimate of drug-likeness (QED) is 0.814. The van der Waals surface area contributed by atoms with Crippen LogP contribution in [0.4, 0.5) is 0 Å². The molecule has 0 unspecified atom stereocenters. The number of halogens is 2. The molecule has 0 aliphatic rings. The van der Waals surface area contributed by atoms with Crippen molar-refractivity contribution in [2.75, 3.05) is 20.1 Å². The number of amides is 2. The molecule has 0 radical (unpaired) electrons. The minimum atomic E-state index is -0.186. The second kappa shape index (κ2) is 6.94. The van der Waals surface area contributed by atoms with E-state index in [4.69, 9.17) is 11.6 Å². The van der Waals surface area contributed by atoms with Crippen molar-refractivity contribution in [3.8, 4) is 0 Å². The van der Waals surface area contributed by atoms with E-state index in [9.17, 15) is 9.59 Å². The Morgan fingerprint density at radius 3 is 2.61 bits per heavy atom. The first-order chi connectivity index (χ1) is 8.49. The van der Waals surface area contributed by atoms with Crippen LogP contribution in [0.3, 0.4) is 0 Å². The molecule has 0 atom stereocenters. The SMILES string of the molecule is CCN(CC(=O)NC)C(=O)c1ccc(Cl)c(I)c1. The molecule has 0 heterocycles. The predicted octanol–water partition coefficient (Wildman–Crippen LogP) is 2.15. The minimum absolute atomic E-state index is 0.0606. The molecule has 1 aromatic rings. The van der Waals surface area contributed by atoms with Gasteiger partial charge in [0.15, 0.2) is 0 Å². The topological polar surface area (TPSA) is 49.4 Å². The Bertz CT molecular complexity index is 465. The number of rotatable bonds is 4. The molecule has 0 saturated carbocycles. The number of hydrogen-bond acceptors (Lipinski definition) is 2. The first-order valence-corrected chi connectivity index (χ1v) is 6.90. The molecule has 98 valence electrons. The minimum Gasteiger partial charge on any atom is -0.358 e. The molecule has 0 fully saturated rings. The summed E-state index contributed by atoms with van der Waals surface area (Å²) < 4.78 is 0.816. The summed E-state index contributed by atoms with van der Waals surface area (Å²) in [5.74, 6) is -0.357. The third kappa shape index (κ3) is 3.84. The van der Waals surface area contributed by atoms with Crippen LogP contribution in [0.15, 0.2) is 18.2 Å². The summed E-state index contributed by atoms with van der Waals surface area (Å²) in [5.41, 5.74) is 0.537. The van der Waals surface area contributed by atoms with Crippen LogP contribution in [0.5, 0.6) is 0 Å². The number of benzene rings is 1. The summed E-state index contributed by atoms with van der Waals surface area (Å²) in [7, 11) is 1.55. The standard InChI is InChI=1S/C12H14ClIN2O2/c1-3-16(7-11(17)15-2)12(18)8-4-5-9(13)10(14)6-8/h4-6H,3,7H2,1-2H3,(H,15,17). The molecule has 1 rings (SSSR count). The van der Waals surface area contributed by atoms with Crippen LogP contribution in [-0.4, -0.2) is 36.9 Å². The van der Waals surface area contributed by atoms with E-state index in [1.54, 1.807) is 25.2 Å². The zero-order valence-corrected chi connectivity index (χ0v) is 13.1. The molecule has 1 N–H and O–H groups in total. The summed E-state index contributed by atoms with van der Waals surface area (Å²) in [4.78, 5) is 25.0. The lowest BCUT2D eigenvalue weighted by Crippen LogP contribution is -2.39. The van der Waals surface area contributed by atoms with E-state index in [1.165, 1.54) is 4.90 Å². The van der Waals surface area contributed by atoms with Gasteiger partial charge in [0.2, 0.25) is 5.91 Å². The van der Waals surface area contributed by atoms with Gasteiger partial charge in [0.1, 0.15) is 0 Å². The van der Waals surface area contributed by atoms with Gasteiger partial charge in [0.05, 0.1) is 11.6 Å². The summed E-state index contributed by atoms with van der Waals surface area (Å²) >= 11 is 7.98. The van der Waals surface area contributed by atoms with Gasteiger partial charge in [-0.15, -0.1) is 0 Å². The van der Waals surface area contributed by atoms with Gasteiger partial charge in [-0.2, -0.15) is 0 Å². The average Bonchev–Trinajstić information content (AvgIpc) is 2.38. The highest BCUT2D eigenvalue weighted by Crippen LogP contribution is 2.20. The highest BCUT2D eigenvalue weighted by molar-refractivity contribution is 14.1. The van der Waals surface area contributed by atoms with E-state index < -0.39 is 0 Å². The molecule has 0 saturated heterocycles.